The monoisotopic (exact) mass is 366 g/mol. The molecule has 2 aliphatic heterocycles. The molecule has 140 valence electrons. The van der Waals surface area contributed by atoms with E-state index in [9.17, 15) is 13.2 Å². The number of halogens is 3. The number of anilines is 1. The smallest absolute Gasteiger partial charge is 0.356 e. The number of piperidine rings is 1. The number of fused-ring (bicyclic) bond motifs is 1. The van der Waals surface area contributed by atoms with Gasteiger partial charge >= 0.3 is 6.18 Å². The minimum atomic E-state index is -4.44. The minimum Gasteiger partial charge on any atom is -0.356 e. The Labute approximate surface area is 149 Å². The molecule has 0 spiro atoms. The van der Waals surface area contributed by atoms with Gasteiger partial charge in [-0.2, -0.15) is 18.3 Å². The van der Waals surface area contributed by atoms with Crippen LogP contribution in [0.15, 0.2) is 24.8 Å². The van der Waals surface area contributed by atoms with Crippen LogP contribution in [-0.4, -0.2) is 50.3 Å². The molecule has 0 saturated carbocycles. The summed E-state index contributed by atoms with van der Waals surface area (Å²) in [5.41, 5.74) is 0.325. The number of likely N-dealkylation sites (tertiary alicyclic amines) is 1. The molecule has 0 N–H and O–H groups in total. The molecule has 6 nitrogen and oxygen atoms in total. The van der Waals surface area contributed by atoms with Crippen molar-refractivity contribution in [1.82, 2.24) is 24.6 Å². The van der Waals surface area contributed by atoms with Gasteiger partial charge in [0.25, 0.3) is 0 Å². The van der Waals surface area contributed by atoms with Gasteiger partial charge < -0.3 is 4.90 Å². The Kier molecular flexibility index (Phi) is 4.34. The third-order valence-corrected chi connectivity index (χ3v) is 5.30. The van der Waals surface area contributed by atoms with Crippen LogP contribution in [0.3, 0.4) is 0 Å². The van der Waals surface area contributed by atoms with E-state index < -0.39 is 11.9 Å². The molecule has 2 aromatic rings. The van der Waals surface area contributed by atoms with E-state index in [4.69, 9.17) is 0 Å². The summed E-state index contributed by atoms with van der Waals surface area (Å²) in [7, 11) is 0. The summed E-state index contributed by atoms with van der Waals surface area (Å²) in [5, 5.41) is 4.31. The van der Waals surface area contributed by atoms with Gasteiger partial charge in [0, 0.05) is 62.5 Å². The third-order valence-electron chi connectivity index (χ3n) is 5.30. The molecule has 4 heterocycles. The summed E-state index contributed by atoms with van der Waals surface area (Å²) in [6, 6.07) is 1.54. The fraction of sp³-hybridized carbons (Fsp3) is 0.588. The SMILES string of the molecule is CCn1cc(CN2CC3CN(c4cc(C(F)(F)F)ncn4)CCC32)cn1. The lowest BCUT2D eigenvalue weighted by Gasteiger charge is -2.53. The summed E-state index contributed by atoms with van der Waals surface area (Å²) in [4.78, 5) is 11.8. The molecule has 9 heteroatoms. The van der Waals surface area contributed by atoms with Crippen LogP contribution in [-0.2, 0) is 19.3 Å². The van der Waals surface area contributed by atoms with Gasteiger partial charge in [-0.15, -0.1) is 0 Å². The topological polar surface area (TPSA) is 50.1 Å². The number of hydrogen-bond donors (Lipinski definition) is 0. The Morgan fingerprint density at radius 2 is 2.08 bits per heavy atom. The van der Waals surface area contributed by atoms with E-state index >= 15 is 0 Å². The summed E-state index contributed by atoms with van der Waals surface area (Å²) in [5.74, 6) is 0.836. The first-order valence-electron chi connectivity index (χ1n) is 8.83. The molecule has 2 atom stereocenters. The zero-order valence-electron chi connectivity index (χ0n) is 14.5. The fourth-order valence-electron chi connectivity index (χ4n) is 3.94. The lowest BCUT2D eigenvalue weighted by molar-refractivity contribution is -0.141. The second-order valence-electron chi connectivity index (χ2n) is 6.96. The molecule has 4 rings (SSSR count). The van der Waals surface area contributed by atoms with Crippen LogP contribution < -0.4 is 4.90 Å². The molecule has 2 aliphatic rings. The van der Waals surface area contributed by atoms with Crippen molar-refractivity contribution in [3.8, 4) is 0 Å². The van der Waals surface area contributed by atoms with Crippen molar-refractivity contribution in [2.45, 2.75) is 38.7 Å². The first-order valence-corrected chi connectivity index (χ1v) is 8.83. The van der Waals surface area contributed by atoms with E-state index in [-0.39, 0.29) is 0 Å². The van der Waals surface area contributed by atoms with Crippen molar-refractivity contribution in [3.63, 3.8) is 0 Å². The predicted molar refractivity (Wildman–Crippen MR) is 89.5 cm³/mol. The maximum atomic E-state index is 12.8. The Morgan fingerprint density at radius 3 is 2.77 bits per heavy atom. The molecule has 2 saturated heterocycles. The number of aryl methyl sites for hydroxylation is 1. The van der Waals surface area contributed by atoms with Gasteiger partial charge in [0.05, 0.1) is 6.20 Å². The Morgan fingerprint density at radius 1 is 1.23 bits per heavy atom. The molecule has 26 heavy (non-hydrogen) atoms. The van der Waals surface area contributed by atoms with Crippen molar-refractivity contribution < 1.29 is 13.2 Å². The van der Waals surface area contributed by atoms with E-state index in [1.54, 1.807) is 0 Å². The first kappa shape index (κ1) is 17.3. The van der Waals surface area contributed by atoms with Crippen LogP contribution in [0.4, 0.5) is 19.0 Å². The minimum absolute atomic E-state index is 0.369. The van der Waals surface area contributed by atoms with Crippen molar-refractivity contribution in [2.75, 3.05) is 24.5 Å². The van der Waals surface area contributed by atoms with Gasteiger partial charge in [0.2, 0.25) is 0 Å². The van der Waals surface area contributed by atoms with Crippen LogP contribution in [0.1, 0.15) is 24.6 Å². The molecule has 0 amide bonds. The summed E-state index contributed by atoms with van der Waals surface area (Å²) < 4.78 is 40.5. The quantitative estimate of drug-likeness (QED) is 0.832. The van der Waals surface area contributed by atoms with E-state index in [0.717, 1.165) is 45.0 Å². The zero-order chi connectivity index (χ0) is 18.3. The van der Waals surface area contributed by atoms with Crippen LogP contribution in [0.5, 0.6) is 0 Å². The maximum absolute atomic E-state index is 12.8. The average molecular weight is 366 g/mol. The van der Waals surface area contributed by atoms with Crippen molar-refractivity contribution >= 4 is 5.82 Å². The van der Waals surface area contributed by atoms with Crippen molar-refractivity contribution in [1.29, 1.82) is 0 Å². The standard InChI is InChI=1S/C17H21F3N6/c1-2-26-8-12(6-23-26)7-25-10-13-9-24(4-3-14(13)25)16-5-15(17(18,19)20)21-11-22-16/h5-6,8,11,13-14H,2-4,7,9-10H2,1H3. The number of aromatic nitrogens is 4. The molecule has 2 unspecified atom stereocenters. The number of alkyl halides is 3. The van der Waals surface area contributed by atoms with Crippen LogP contribution in [0.2, 0.25) is 0 Å². The van der Waals surface area contributed by atoms with E-state index in [0.29, 0.717) is 24.3 Å². The second-order valence-corrected chi connectivity index (χ2v) is 6.96. The highest BCUT2D eigenvalue weighted by atomic mass is 19.4. The van der Waals surface area contributed by atoms with E-state index in [1.807, 2.05) is 15.8 Å². The van der Waals surface area contributed by atoms with E-state index in [2.05, 4.69) is 33.1 Å². The number of rotatable bonds is 4. The Balaban J connectivity index is 1.37. The number of nitrogens with zero attached hydrogens (tertiary/aromatic N) is 6. The zero-order valence-corrected chi connectivity index (χ0v) is 14.5. The van der Waals surface area contributed by atoms with Gasteiger partial charge in [0.15, 0.2) is 0 Å². The fourth-order valence-corrected chi connectivity index (χ4v) is 3.94. The summed E-state index contributed by atoms with van der Waals surface area (Å²) in [6.07, 6.45) is 1.47. The normalized spacial score (nSPS) is 23.6. The highest BCUT2D eigenvalue weighted by molar-refractivity contribution is 5.40. The van der Waals surface area contributed by atoms with Crippen LogP contribution in [0.25, 0.3) is 0 Å². The maximum Gasteiger partial charge on any atom is 0.433 e. The summed E-state index contributed by atoms with van der Waals surface area (Å²) >= 11 is 0. The third kappa shape index (κ3) is 3.27. The molecule has 0 aliphatic carbocycles. The molecule has 0 radical (unpaired) electrons. The predicted octanol–water partition coefficient (Wildman–Crippen LogP) is 2.42. The molecular formula is C17H21F3N6. The highest BCUT2D eigenvalue weighted by Gasteiger charge is 2.43. The lowest BCUT2D eigenvalue weighted by Crippen LogP contribution is -2.63. The largest absolute Gasteiger partial charge is 0.433 e. The van der Waals surface area contributed by atoms with Crippen LogP contribution >= 0.6 is 0 Å². The second kappa shape index (κ2) is 6.53. The first-order chi connectivity index (χ1) is 12.4. The van der Waals surface area contributed by atoms with Gasteiger partial charge in [-0.25, -0.2) is 9.97 Å². The van der Waals surface area contributed by atoms with E-state index in [1.165, 1.54) is 5.56 Å². The molecule has 0 aromatic carbocycles. The Bertz CT molecular complexity index is 774. The van der Waals surface area contributed by atoms with Crippen molar-refractivity contribution in [2.24, 2.45) is 5.92 Å². The lowest BCUT2D eigenvalue weighted by atomic mass is 9.82. The molecule has 0 bridgehead atoms. The van der Waals surface area contributed by atoms with Gasteiger partial charge in [-0.1, -0.05) is 0 Å². The van der Waals surface area contributed by atoms with Gasteiger partial charge in [0.1, 0.15) is 17.8 Å². The number of hydrogen-bond acceptors (Lipinski definition) is 5. The highest BCUT2D eigenvalue weighted by Crippen LogP contribution is 2.36. The van der Waals surface area contributed by atoms with Gasteiger partial charge in [-0.3, -0.25) is 9.58 Å². The Hall–Kier alpha value is -2.16. The van der Waals surface area contributed by atoms with Crippen molar-refractivity contribution in [3.05, 3.63) is 36.0 Å². The average Bonchev–Trinajstić information content (AvgIpc) is 3.06. The van der Waals surface area contributed by atoms with Crippen LogP contribution in [0, 0.1) is 5.92 Å². The molecule has 2 fully saturated rings. The summed E-state index contributed by atoms with van der Waals surface area (Å²) in [6.45, 7) is 6.20. The molecular weight excluding hydrogens is 345 g/mol. The van der Waals surface area contributed by atoms with Gasteiger partial charge in [-0.05, 0) is 13.3 Å². The molecule has 2 aromatic heterocycles.